The van der Waals surface area contributed by atoms with E-state index in [1.54, 1.807) is 0 Å². The fraction of sp³-hybridized carbons (Fsp3) is 0.400. The van der Waals surface area contributed by atoms with Crippen LogP contribution in [0.5, 0.6) is 0 Å². The number of fused-ring (bicyclic) bond motifs is 1. The number of H-pyrrole nitrogens is 1. The number of para-hydroxylation sites is 1. The van der Waals surface area contributed by atoms with Crippen LogP contribution < -0.4 is 5.32 Å². The lowest BCUT2D eigenvalue weighted by molar-refractivity contribution is -0.127. The highest BCUT2D eigenvalue weighted by atomic mass is 16.2. The summed E-state index contributed by atoms with van der Waals surface area (Å²) in [4.78, 5) is 25.4. The van der Waals surface area contributed by atoms with Crippen molar-refractivity contribution >= 4 is 22.7 Å². The van der Waals surface area contributed by atoms with E-state index in [1.165, 1.54) is 0 Å². The van der Waals surface area contributed by atoms with Gasteiger partial charge in [0.05, 0.1) is 5.52 Å². The molecule has 3 rings (SSSR count). The van der Waals surface area contributed by atoms with Crippen LogP contribution >= 0.6 is 0 Å². The van der Waals surface area contributed by atoms with Gasteiger partial charge in [0.25, 0.3) is 5.91 Å². The van der Waals surface area contributed by atoms with Crippen LogP contribution in [0.1, 0.15) is 29.8 Å². The summed E-state index contributed by atoms with van der Waals surface area (Å²) in [7, 11) is 0. The number of carbonyl (C=O) groups is 2. The van der Waals surface area contributed by atoms with Crippen molar-refractivity contribution in [3.63, 3.8) is 0 Å². The summed E-state index contributed by atoms with van der Waals surface area (Å²) in [6.07, 6.45) is 2.37. The molecule has 0 aliphatic carbocycles. The van der Waals surface area contributed by atoms with Gasteiger partial charge in [-0.15, -0.1) is 0 Å². The highest BCUT2D eigenvalue weighted by Gasteiger charge is 2.19. The molecule has 6 heteroatoms. The molecule has 0 radical (unpaired) electrons. The number of benzene rings is 1. The Bertz CT molecular complexity index is 664. The number of nitrogens with zero attached hydrogens (tertiary/aromatic N) is 2. The molecule has 0 bridgehead atoms. The van der Waals surface area contributed by atoms with Crippen LogP contribution in [0.25, 0.3) is 10.9 Å². The molecular weight excluding hydrogens is 268 g/mol. The third kappa shape index (κ3) is 2.89. The smallest absolute Gasteiger partial charge is 0.272 e. The standard InChI is InChI=1S/C15H18N4O2/c20-13-7-3-9-19(13)10-4-8-16-15(21)14-11-5-1-2-6-12(11)17-18-14/h1-2,5-6H,3-4,7-10H2,(H,16,21)(H,17,18). The maximum atomic E-state index is 12.1. The first-order chi connectivity index (χ1) is 10.3. The van der Waals surface area contributed by atoms with Crippen molar-refractivity contribution < 1.29 is 9.59 Å². The molecule has 1 aromatic heterocycles. The second-order valence-corrected chi connectivity index (χ2v) is 5.21. The lowest BCUT2D eigenvalue weighted by Gasteiger charge is -2.15. The van der Waals surface area contributed by atoms with Crippen molar-refractivity contribution in [1.29, 1.82) is 0 Å². The highest BCUT2D eigenvalue weighted by molar-refractivity contribution is 6.04. The zero-order chi connectivity index (χ0) is 14.7. The van der Waals surface area contributed by atoms with Gasteiger partial charge in [-0.1, -0.05) is 18.2 Å². The predicted molar refractivity (Wildman–Crippen MR) is 78.9 cm³/mol. The van der Waals surface area contributed by atoms with Crippen LogP contribution in [0.15, 0.2) is 24.3 Å². The molecule has 2 heterocycles. The predicted octanol–water partition coefficient (Wildman–Crippen LogP) is 1.31. The van der Waals surface area contributed by atoms with Gasteiger partial charge in [0.2, 0.25) is 5.91 Å². The van der Waals surface area contributed by atoms with Crippen LogP contribution in [-0.2, 0) is 4.79 Å². The van der Waals surface area contributed by atoms with E-state index < -0.39 is 0 Å². The average molecular weight is 286 g/mol. The molecule has 1 aliphatic heterocycles. The Morgan fingerprint density at radius 1 is 1.38 bits per heavy atom. The van der Waals surface area contributed by atoms with E-state index >= 15 is 0 Å². The SMILES string of the molecule is O=C(NCCCN1CCCC1=O)c1n[nH]c2ccccc12. The molecule has 2 N–H and O–H groups in total. The summed E-state index contributed by atoms with van der Waals surface area (Å²) in [5.74, 6) is 0.0415. The maximum absolute atomic E-state index is 12.1. The monoisotopic (exact) mass is 286 g/mol. The van der Waals surface area contributed by atoms with Crippen LogP contribution in [0.4, 0.5) is 0 Å². The highest BCUT2D eigenvalue weighted by Crippen LogP contribution is 2.14. The molecule has 0 unspecified atom stereocenters. The quantitative estimate of drug-likeness (QED) is 0.813. The van der Waals surface area contributed by atoms with Crippen molar-refractivity contribution in [3.8, 4) is 0 Å². The Morgan fingerprint density at radius 3 is 3.05 bits per heavy atom. The molecule has 2 aromatic rings. The number of nitrogens with one attached hydrogen (secondary N) is 2. The topological polar surface area (TPSA) is 78.1 Å². The first-order valence-electron chi connectivity index (χ1n) is 7.25. The largest absolute Gasteiger partial charge is 0.351 e. The molecule has 1 fully saturated rings. The van der Waals surface area contributed by atoms with Crippen LogP contribution in [0, 0.1) is 0 Å². The minimum atomic E-state index is -0.180. The lowest BCUT2D eigenvalue weighted by Crippen LogP contribution is -2.30. The van der Waals surface area contributed by atoms with Crippen molar-refractivity contribution in [3.05, 3.63) is 30.0 Å². The second-order valence-electron chi connectivity index (χ2n) is 5.21. The van der Waals surface area contributed by atoms with E-state index in [1.807, 2.05) is 29.2 Å². The van der Waals surface area contributed by atoms with Gasteiger partial charge in [0.1, 0.15) is 0 Å². The summed E-state index contributed by atoms with van der Waals surface area (Å²) in [5.41, 5.74) is 1.27. The second kappa shape index (κ2) is 5.95. The molecule has 1 saturated heterocycles. The zero-order valence-electron chi connectivity index (χ0n) is 11.8. The molecule has 0 saturated carbocycles. The Hall–Kier alpha value is -2.37. The third-order valence-corrected chi connectivity index (χ3v) is 3.75. The number of likely N-dealkylation sites (tertiary alicyclic amines) is 1. The molecule has 2 amide bonds. The van der Waals surface area contributed by atoms with Gasteiger partial charge >= 0.3 is 0 Å². The van der Waals surface area contributed by atoms with Crippen molar-refractivity contribution in [1.82, 2.24) is 20.4 Å². The minimum Gasteiger partial charge on any atom is -0.351 e. The summed E-state index contributed by atoms with van der Waals surface area (Å²) >= 11 is 0. The van der Waals surface area contributed by atoms with Crippen molar-refractivity contribution in [2.75, 3.05) is 19.6 Å². The molecule has 0 atom stereocenters. The molecule has 6 nitrogen and oxygen atoms in total. The van der Waals surface area contributed by atoms with Crippen LogP contribution in [0.2, 0.25) is 0 Å². The molecular formula is C15H18N4O2. The number of hydrogen-bond acceptors (Lipinski definition) is 3. The lowest BCUT2D eigenvalue weighted by atomic mass is 10.2. The van der Waals surface area contributed by atoms with E-state index in [0.29, 0.717) is 25.2 Å². The van der Waals surface area contributed by atoms with Crippen LogP contribution in [0.3, 0.4) is 0 Å². The van der Waals surface area contributed by atoms with Gasteiger partial charge in [0.15, 0.2) is 5.69 Å². The van der Waals surface area contributed by atoms with Crippen LogP contribution in [-0.4, -0.2) is 46.5 Å². The first-order valence-corrected chi connectivity index (χ1v) is 7.25. The van der Waals surface area contributed by atoms with E-state index in [2.05, 4.69) is 15.5 Å². The normalized spacial score (nSPS) is 14.9. The molecule has 1 aliphatic rings. The molecule has 21 heavy (non-hydrogen) atoms. The van der Waals surface area contributed by atoms with E-state index in [4.69, 9.17) is 0 Å². The van der Waals surface area contributed by atoms with Gasteiger partial charge < -0.3 is 10.2 Å². The van der Waals surface area contributed by atoms with Gasteiger partial charge in [0, 0.05) is 31.4 Å². The first kappa shape index (κ1) is 13.6. The fourth-order valence-electron chi connectivity index (χ4n) is 2.63. The number of amides is 2. The Kier molecular flexibility index (Phi) is 3.85. The molecule has 110 valence electrons. The Balaban J connectivity index is 1.51. The average Bonchev–Trinajstić information content (AvgIpc) is 3.10. The zero-order valence-corrected chi connectivity index (χ0v) is 11.8. The third-order valence-electron chi connectivity index (χ3n) is 3.75. The molecule has 1 aromatic carbocycles. The van der Waals surface area contributed by atoms with E-state index in [9.17, 15) is 9.59 Å². The van der Waals surface area contributed by atoms with Gasteiger partial charge in [-0.05, 0) is 18.9 Å². The summed E-state index contributed by atoms with van der Waals surface area (Å²) in [6.45, 7) is 2.10. The Morgan fingerprint density at radius 2 is 2.24 bits per heavy atom. The summed E-state index contributed by atoms with van der Waals surface area (Å²) in [6, 6.07) is 7.54. The van der Waals surface area contributed by atoms with Gasteiger partial charge in [-0.25, -0.2) is 0 Å². The van der Waals surface area contributed by atoms with E-state index in [0.717, 1.165) is 30.3 Å². The van der Waals surface area contributed by atoms with Gasteiger partial charge in [-0.2, -0.15) is 5.10 Å². The van der Waals surface area contributed by atoms with Crippen molar-refractivity contribution in [2.45, 2.75) is 19.3 Å². The van der Waals surface area contributed by atoms with E-state index in [-0.39, 0.29) is 11.8 Å². The summed E-state index contributed by atoms with van der Waals surface area (Å²) < 4.78 is 0. The molecule has 0 spiro atoms. The fourth-order valence-corrected chi connectivity index (χ4v) is 2.63. The number of carbonyl (C=O) groups excluding carboxylic acids is 2. The number of aromatic amines is 1. The van der Waals surface area contributed by atoms with Crippen molar-refractivity contribution in [2.24, 2.45) is 0 Å². The Labute approximate surface area is 122 Å². The van der Waals surface area contributed by atoms with Gasteiger partial charge in [-0.3, -0.25) is 14.7 Å². The number of aromatic nitrogens is 2. The maximum Gasteiger partial charge on any atom is 0.272 e. The summed E-state index contributed by atoms with van der Waals surface area (Å²) in [5, 5.41) is 10.6. The number of hydrogen-bond donors (Lipinski definition) is 2. The number of rotatable bonds is 5. The minimum absolute atomic E-state index is 0.180.